The molecule has 1 spiro atoms. The summed E-state index contributed by atoms with van der Waals surface area (Å²) in [5.41, 5.74) is -0.351. The number of carboxylic acid groups (broad SMARTS) is 1. The van der Waals surface area contributed by atoms with E-state index in [9.17, 15) is 9.90 Å². The maximum absolute atomic E-state index is 11.3. The van der Waals surface area contributed by atoms with Crippen molar-refractivity contribution in [3.63, 3.8) is 0 Å². The fourth-order valence-electron chi connectivity index (χ4n) is 5.36. The number of hydrogen-bond donors (Lipinski definition) is 2. The van der Waals surface area contributed by atoms with Gasteiger partial charge in [0.2, 0.25) is 0 Å². The molecule has 0 unspecified atom stereocenters. The fourth-order valence-corrected chi connectivity index (χ4v) is 5.36. The summed E-state index contributed by atoms with van der Waals surface area (Å²) in [4.78, 5) is 11.3. The maximum Gasteiger partial charge on any atom is 0.308 e. The fraction of sp³-hybridized carbons (Fsp3) is 0.944. The quantitative estimate of drug-likeness (QED) is 0.802. The van der Waals surface area contributed by atoms with Crippen LogP contribution >= 0.6 is 0 Å². The molecule has 4 rings (SSSR count). The van der Waals surface area contributed by atoms with Crippen LogP contribution < -0.4 is 5.32 Å². The number of carbonyl (C=O) groups is 1. The number of fused-ring (bicyclic) bond motifs is 4. The number of rotatable bonds is 2. The summed E-state index contributed by atoms with van der Waals surface area (Å²) in [6, 6.07) is 0. The highest BCUT2D eigenvalue weighted by molar-refractivity contribution is 5.68. The summed E-state index contributed by atoms with van der Waals surface area (Å²) in [5, 5.41) is 12.9. The van der Waals surface area contributed by atoms with E-state index in [0.717, 1.165) is 25.8 Å². The van der Waals surface area contributed by atoms with Crippen molar-refractivity contribution in [2.75, 3.05) is 6.54 Å². The third kappa shape index (κ3) is 2.68. The molecule has 8 atom stereocenters. The molecule has 0 radical (unpaired) electrons. The van der Waals surface area contributed by atoms with Crippen molar-refractivity contribution in [3.05, 3.63) is 0 Å². The molecule has 4 saturated heterocycles. The highest BCUT2D eigenvalue weighted by Crippen LogP contribution is 2.51. The first-order valence-corrected chi connectivity index (χ1v) is 9.31. The van der Waals surface area contributed by atoms with E-state index in [1.165, 1.54) is 0 Å². The Hall–Kier alpha value is -0.690. The number of hydrogen-bond acceptors (Lipinski definition) is 5. The van der Waals surface area contributed by atoms with Gasteiger partial charge in [0.25, 0.3) is 0 Å². The van der Waals surface area contributed by atoms with E-state index >= 15 is 0 Å². The molecule has 136 valence electrons. The monoisotopic (exact) mass is 339 g/mol. The molecule has 6 heteroatoms. The lowest BCUT2D eigenvalue weighted by Gasteiger charge is -2.50. The van der Waals surface area contributed by atoms with Crippen molar-refractivity contribution in [3.8, 4) is 0 Å². The molecule has 0 aromatic heterocycles. The van der Waals surface area contributed by atoms with Gasteiger partial charge in [-0.2, -0.15) is 0 Å². The second kappa shape index (κ2) is 5.66. The van der Waals surface area contributed by atoms with Crippen LogP contribution in [0.1, 0.15) is 52.9 Å². The minimum atomic E-state index is -0.977. The molecule has 0 aromatic carbocycles. The Kier molecular flexibility index (Phi) is 3.95. The Morgan fingerprint density at radius 1 is 1.08 bits per heavy atom. The first-order chi connectivity index (χ1) is 11.3. The van der Waals surface area contributed by atoms with Crippen LogP contribution in [0.15, 0.2) is 0 Å². The van der Waals surface area contributed by atoms with Crippen LogP contribution in [0.25, 0.3) is 0 Å². The number of piperidine rings is 1. The van der Waals surface area contributed by atoms with Gasteiger partial charge in [0.15, 0.2) is 5.79 Å². The first kappa shape index (κ1) is 16.8. The van der Waals surface area contributed by atoms with Crippen LogP contribution in [0.3, 0.4) is 0 Å². The molecular weight excluding hydrogens is 310 g/mol. The van der Waals surface area contributed by atoms with Crippen molar-refractivity contribution in [1.29, 1.82) is 0 Å². The summed E-state index contributed by atoms with van der Waals surface area (Å²) in [6.45, 7) is 7.59. The van der Waals surface area contributed by atoms with Crippen LogP contribution in [-0.2, 0) is 19.0 Å². The summed E-state index contributed by atoms with van der Waals surface area (Å²) < 4.78 is 19.0. The smallest absolute Gasteiger partial charge is 0.308 e. The number of aliphatic carboxylic acids is 1. The van der Waals surface area contributed by atoms with Crippen LogP contribution in [0.2, 0.25) is 0 Å². The van der Waals surface area contributed by atoms with E-state index in [-0.39, 0.29) is 30.5 Å². The first-order valence-electron chi connectivity index (χ1n) is 9.31. The second-order valence-corrected chi connectivity index (χ2v) is 8.64. The Labute approximate surface area is 143 Å². The Balaban J connectivity index is 1.58. The van der Waals surface area contributed by atoms with E-state index in [1.807, 2.05) is 0 Å². The summed E-state index contributed by atoms with van der Waals surface area (Å²) in [6.07, 6.45) is 3.12. The SMILES string of the molecule is C[C@H]1CN[C@]2(C[C@H]3O[C@]4(CC(=O)O)C[C@@H](C)C[C@@H](O4)[C@H]3O2)[C@@H](C)C1. The zero-order valence-electron chi connectivity index (χ0n) is 14.8. The van der Waals surface area contributed by atoms with Crippen molar-refractivity contribution in [1.82, 2.24) is 5.32 Å². The third-order valence-corrected chi connectivity index (χ3v) is 6.33. The average Bonchev–Trinajstić information content (AvgIpc) is 2.81. The molecule has 4 fully saturated rings. The molecule has 4 aliphatic rings. The zero-order chi connectivity index (χ0) is 17.1. The van der Waals surface area contributed by atoms with Crippen molar-refractivity contribution in [2.45, 2.75) is 82.7 Å². The van der Waals surface area contributed by atoms with Crippen LogP contribution in [0.4, 0.5) is 0 Å². The highest BCUT2D eigenvalue weighted by Gasteiger charge is 2.61. The second-order valence-electron chi connectivity index (χ2n) is 8.64. The molecule has 6 nitrogen and oxygen atoms in total. The van der Waals surface area contributed by atoms with Gasteiger partial charge in [-0.3, -0.25) is 10.1 Å². The molecule has 0 aliphatic carbocycles. The average molecular weight is 339 g/mol. The Morgan fingerprint density at radius 2 is 1.83 bits per heavy atom. The molecule has 4 heterocycles. The van der Waals surface area contributed by atoms with Gasteiger partial charge in [0.05, 0.1) is 18.6 Å². The predicted molar refractivity (Wildman–Crippen MR) is 86.3 cm³/mol. The standard InChI is InChI=1S/C18H29NO5/c1-10-5-13-16-14(23-17(6-10,22-13)8-15(20)21)7-18(24-16)12(3)4-11(2)9-19-18/h10-14,16,19H,4-9H2,1-3H3,(H,20,21)/t10-,11+,12-,13+,14+,16+,17-,18-/m0/s1. The molecule has 2 N–H and O–H groups in total. The van der Waals surface area contributed by atoms with Gasteiger partial charge in [-0.1, -0.05) is 20.8 Å². The third-order valence-electron chi connectivity index (χ3n) is 6.33. The zero-order valence-corrected chi connectivity index (χ0v) is 14.8. The number of carboxylic acids is 1. The molecule has 0 aromatic rings. The van der Waals surface area contributed by atoms with Crippen LogP contribution in [0.5, 0.6) is 0 Å². The van der Waals surface area contributed by atoms with E-state index in [1.54, 1.807) is 0 Å². The molecule has 0 amide bonds. The van der Waals surface area contributed by atoms with Crippen molar-refractivity contribution >= 4 is 5.97 Å². The van der Waals surface area contributed by atoms with Gasteiger partial charge in [0.1, 0.15) is 11.8 Å². The van der Waals surface area contributed by atoms with Crippen LogP contribution in [0, 0.1) is 17.8 Å². The van der Waals surface area contributed by atoms with Crippen molar-refractivity contribution < 1.29 is 24.1 Å². The Morgan fingerprint density at radius 3 is 2.54 bits per heavy atom. The van der Waals surface area contributed by atoms with Crippen molar-refractivity contribution in [2.24, 2.45) is 17.8 Å². The van der Waals surface area contributed by atoms with E-state index in [0.29, 0.717) is 24.2 Å². The van der Waals surface area contributed by atoms with Gasteiger partial charge < -0.3 is 19.3 Å². The summed E-state index contributed by atoms with van der Waals surface area (Å²) in [7, 11) is 0. The normalized spacial score (nSPS) is 53.8. The van der Waals surface area contributed by atoms with Crippen LogP contribution in [-0.4, -0.2) is 47.4 Å². The largest absolute Gasteiger partial charge is 0.481 e. The minimum Gasteiger partial charge on any atom is -0.481 e. The lowest BCUT2D eigenvalue weighted by Crippen LogP contribution is -2.60. The van der Waals surface area contributed by atoms with E-state index in [4.69, 9.17) is 14.2 Å². The topological polar surface area (TPSA) is 77.0 Å². The Bertz CT molecular complexity index is 528. The molecule has 0 saturated carbocycles. The van der Waals surface area contributed by atoms with Gasteiger partial charge in [-0.25, -0.2) is 0 Å². The maximum atomic E-state index is 11.3. The van der Waals surface area contributed by atoms with E-state index in [2.05, 4.69) is 26.1 Å². The summed E-state index contributed by atoms with van der Waals surface area (Å²) >= 11 is 0. The summed E-state index contributed by atoms with van der Waals surface area (Å²) in [5.74, 6) is -0.418. The van der Waals surface area contributed by atoms with E-state index < -0.39 is 11.8 Å². The highest BCUT2D eigenvalue weighted by atomic mass is 16.7. The van der Waals surface area contributed by atoms with Gasteiger partial charge >= 0.3 is 5.97 Å². The van der Waals surface area contributed by atoms with Gasteiger partial charge in [-0.15, -0.1) is 0 Å². The lowest BCUT2D eigenvalue weighted by molar-refractivity contribution is -0.364. The number of nitrogens with one attached hydrogen (secondary N) is 1. The lowest BCUT2D eigenvalue weighted by atomic mass is 9.80. The minimum absolute atomic E-state index is 0.0698. The number of ether oxygens (including phenoxy) is 3. The molecule has 24 heavy (non-hydrogen) atoms. The van der Waals surface area contributed by atoms with Gasteiger partial charge in [-0.05, 0) is 30.6 Å². The molecular formula is C18H29NO5. The van der Waals surface area contributed by atoms with Gasteiger partial charge in [0, 0.05) is 19.4 Å². The predicted octanol–water partition coefficient (Wildman–Crippen LogP) is 2.12. The molecule has 2 bridgehead atoms. The molecule has 4 aliphatic heterocycles.